The fourth-order valence-electron chi connectivity index (χ4n) is 2.53. The number of rotatable bonds is 6. The Balaban J connectivity index is 1.87. The van der Waals surface area contributed by atoms with Gasteiger partial charge in [0.05, 0.1) is 5.69 Å². The quantitative estimate of drug-likeness (QED) is 0.578. The number of hydrogen-bond acceptors (Lipinski definition) is 5. The minimum absolute atomic E-state index is 0.115. The summed E-state index contributed by atoms with van der Waals surface area (Å²) in [7, 11) is 1.43. The molecule has 0 spiro atoms. The number of halogens is 4. The zero-order valence-corrected chi connectivity index (χ0v) is 15.9. The SMILES string of the molecule is CNC(=O)COc1cccc(NC(=O)c2nnn(-c3ccc(F)cc3)c2C(F)(F)F)c1. The monoisotopic (exact) mass is 437 g/mol. The molecule has 0 bridgehead atoms. The average molecular weight is 437 g/mol. The highest BCUT2D eigenvalue weighted by Gasteiger charge is 2.42. The maximum Gasteiger partial charge on any atom is 0.435 e. The van der Waals surface area contributed by atoms with E-state index in [1.165, 1.54) is 31.3 Å². The zero-order chi connectivity index (χ0) is 22.6. The third kappa shape index (κ3) is 5.15. The van der Waals surface area contributed by atoms with Gasteiger partial charge in [-0.15, -0.1) is 5.10 Å². The molecule has 0 aliphatic rings. The Bertz CT molecular complexity index is 1100. The van der Waals surface area contributed by atoms with Crippen molar-refractivity contribution >= 4 is 17.5 Å². The lowest BCUT2D eigenvalue weighted by Crippen LogP contribution is -2.24. The van der Waals surface area contributed by atoms with Crippen molar-refractivity contribution in [1.29, 1.82) is 0 Å². The van der Waals surface area contributed by atoms with Crippen molar-refractivity contribution in [2.24, 2.45) is 0 Å². The van der Waals surface area contributed by atoms with E-state index in [-0.39, 0.29) is 29.6 Å². The lowest BCUT2D eigenvalue weighted by molar-refractivity contribution is -0.143. The molecule has 0 saturated carbocycles. The summed E-state index contributed by atoms with van der Waals surface area (Å²) in [5.74, 6) is -1.98. The summed E-state index contributed by atoms with van der Waals surface area (Å²) in [4.78, 5) is 23.8. The van der Waals surface area contributed by atoms with E-state index in [9.17, 15) is 27.2 Å². The van der Waals surface area contributed by atoms with Crippen LogP contribution in [0.5, 0.6) is 5.75 Å². The summed E-state index contributed by atoms with van der Waals surface area (Å²) < 4.78 is 59.7. The highest BCUT2D eigenvalue weighted by molar-refractivity contribution is 6.03. The number of likely N-dealkylation sites (N-methyl/N-ethyl adjacent to an activating group) is 1. The van der Waals surface area contributed by atoms with Crippen LogP contribution in [0.3, 0.4) is 0 Å². The first-order chi connectivity index (χ1) is 14.7. The van der Waals surface area contributed by atoms with Gasteiger partial charge in [-0.3, -0.25) is 9.59 Å². The Kier molecular flexibility index (Phi) is 6.18. The number of hydrogen-bond donors (Lipinski definition) is 2. The minimum atomic E-state index is -4.97. The van der Waals surface area contributed by atoms with Gasteiger partial charge in [0.15, 0.2) is 18.0 Å². The van der Waals surface area contributed by atoms with Crippen LogP contribution in [0.4, 0.5) is 23.2 Å². The van der Waals surface area contributed by atoms with Crippen molar-refractivity contribution in [3.8, 4) is 11.4 Å². The lowest BCUT2D eigenvalue weighted by Gasteiger charge is -2.12. The fraction of sp³-hybridized carbons (Fsp3) is 0.158. The number of ether oxygens (including phenoxy) is 1. The molecule has 1 aromatic heterocycles. The Labute approximate surface area is 172 Å². The normalized spacial score (nSPS) is 11.1. The molecule has 0 aliphatic heterocycles. The number of carbonyl (C=O) groups is 2. The van der Waals surface area contributed by atoms with E-state index in [0.717, 1.165) is 24.3 Å². The summed E-state index contributed by atoms with van der Waals surface area (Å²) in [6.07, 6.45) is -4.97. The number of alkyl halides is 3. The molecular formula is C19H15F4N5O3. The van der Waals surface area contributed by atoms with Crippen LogP contribution in [0.15, 0.2) is 48.5 Å². The molecule has 2 aromatic carbocycles. The van der Waals surface area contributed by atoms with E-state index in [2.05, 4.69) is 20.9 Å². The largest absolute Gasteiger partial charge is 0.484 e. The van der Waals surface area contributed by atoms with E-state index in [1.807, 2.05) is 0 Å². The molecule has 2 N–H and O–H groups in total. The number of anilines is 1. The summed E-state index contributed by atoms with van der Waals surface area (Å²) in [5.41, 5.74) is -2.38. The van der Waals surface area contributed by atoms with E-state index in [1.54, 1.807) is 0 Å². The second-order valence-corrected chi connectivity index (χ2v) is 6.12. The van der Waals surface area contributed by atoms with Crippen LogP contribution in [-0.4, -0.2) is 40.5 Å². The lowest BCUT2D eigenvalue weighted by atomic mass is 10.2. The molecular weight excluding hydrogens is 422 g/mol. The molecule has 8 nitrogen and oxygen atoms in total. The van der Waals surface area contributed by atoms with Crippen molar-refractivity contribution in [3.63, 3.8) is 0 Å². The smallest absolute Gasteiger partial charge is 0.435 e. The molecule has 0 unspecified atom stereocenters. The Morgan fingerprint density at radius 3 is 2.48 bits per heavy atom. The second-order valence-electron chi connectivity index (χ2n) is 6.12. The van der Waals surface area contributed by atoms with Gasteiger partial charge >= 0.3 is 6.18 Å². The second kappa shape index (κ2) is 8.81. The molecule has 31 heavy (non-hydrogen) atoms. The number of nitrogens with one attached hydrogen (secondary N) is 2. The molecule has 0 fully saturated rings. The van der Waals surface area contributed by atoms with Crippen LogP contribution in [-0.2, 0) is 11.0 Å². The number of nitrogens with zero attached hydrogens (tertiary/aromatic N) is 3. The Morgan fingerprint density at radius 1 is 1.13 bits per heavy atom. The summed E-state index contributed by atoms with van der Waals surface area (Å²) in [5, 5.41) is 11.4. The summed E-state index contributed by atoms with van der Waals surface area (Å²) in [6.45, 7) is -0.280. The average Bonchev–Trinajstić information content (AvgIpc) is 3.19. The maximum absolute atomic E-state index is 13.7. The van der Waals surface area contributed by atoms with Crippen molar-refractivity contribution in [3.05, 3.63) is 65.7 Å². The van der Waals surface area contributed by atoms with Crippen LogP contribution in [0, 0.1) is 5.82 Å². The number of amides is 2. The van der Waals surface area contributed by atoms with Gasteiger partial charge in [-0.2, -0.15) is 13.2 Å². The standard InChI is InChI=1S/C19H15F4N5O3/c1-24-15(29)10-31-14-4-2-3-12(9-14)25-18(30)16-17(19(21,22)23)28(27-26-16)13-7-5-11(20)6-8-13/h2-9H,10H2,1H3,(H,24,29)(H,25,30). The van der Waals surface area contributed by atoms with Gasteiger partial charge in [0.25, 0.3) is 11.8 Å². The third-order valence-corrected chi connectivity index (χ3v) is 3.97. The van der Waals surface area contributed by atoms with Crippen LogP contribution in [0.2, 0.25) is 0 Å². The molecule has 0 aliphatic carbocycles. The molecule has 0 saturated heterocycles. The maximum atomic E-state index is 13.7. The van der Waals surface area contributed by atoms with Crippen LogP contribution in [0.1, 0.15) is 16.2 Å². The molecule has 3 aromatic rings. The Morgan fingerprint density at radius 2 is 1.84 bits per heavy atom. The zero-order valence-electron chi connectivity index (χ0n) is 15.9. The van der Waals surface area contributed by atoms with Gasteiger partial charge in [-0.1, -0.05) is 11.3 Å². The predicted octanol–water partition coefficient (Wildman–Crippen LogP) is 2.80. The van der Waals surface area contributed by atoms with Crippen LogP contribution in [0.25, 0.3) is 5.69 Å². The van der Waals surface area contributed by atoms with E-state index in [0.29, 0.717) is 4.68 Å². The first kappa shape index (κ1) is 21.7. The van der Waals surface area contributed by atoms with Gasteiger partial charge in [0.2, 0.25) is 0 Å². The molecule has 1 heterocycles. The number of benzene rings is 2. The molecule has 2 amide bonds. The van der Waals surface area contributed by atoms with Crippen LogP contribution >= 0.6 is 0 Å². The number of carbonyl (C=O) groups excluding carboxylic acids is 2. The highest BCUT2D eigenvalue weighted by atomic mass is 19.4. The van der Waals surface area contributed by atoms with Gasteiger partial charge in [-0.05, 0) is 36.4 Å². The number of aromatic nitrogens is 3. The predicted molar refractivity (Wildman–Crippen MR) is 100 cm³/mol. The fourth-order valence-corrected chi connectivity index (χ4v) is 2.53. The Hall–Kier alpha value is -3.96. The van der Waals surface area contributed by atoms with Gasteiger partial charge in [0, 0.05) is 18.8 Å². The first-order valence-corrected chi connectivity index (χ1v) is 8.72. The van der Waals surface area contributed by atoms with Gasteiger partial charge in [-0.25, -0.2) is 9.07 Å². The topological polar surface area (TPSA) is 98.1 Å². The molecule has 3 rings (SSSR count). The highest BCUT2D eigenvalue weighted by Crippen LogP contribution is 2.33. The van der Waals surface area contributed by atoms with Crippen molar-refractivity contribution in [1.82, 2.24) is 20.3 Å². The van der Waals surface area contributed by atoms with Crippen molar-refractivity contribution < 1.29 is 31.9 Å². The van der Waals surface area contributed by atoms with Gasteiger partial charge < -0.3 is 15.4 Å². The van der Waals surface area contributed by atoms with E-state index >= 15 is 0 Å². The first-order valence-electron chi connectivity index (χ1n) is 8.72. The molecule has 0 atom stereocenters. The van der Waals surface area contributed by atoms with Crippen LogP contribution < -0.4 is 15.4 Å². The van der Waals surface area contributed by atoms with E-state index < -0.39 is 29.3 Å². The molecule has 0 radical (unpaired) electrons. The summed E-state index contributed by atoms with van der Waals surface area (Å²) >= 11 is 0. The van der Waals surface area contributed by atoms with E-state index in [4.69, 9.17) is 4.74 Å². The van der Waals surface area contributed by atoms with Crippen molar-refractivity contribution in [2.75, 3.05) is 19.0 Å². The third-order valence-electron chi connectivity index (χ3n) is 3.97. The minimum Gasteiger partial charge on any atom is -0.484 e. The van der Waals surface area contributed by atoms with Gasteiger partial charge in [0.1, 0.15) is 11.6 Å². The van der Waals surface area contributed by atoms with Crippen molar-refractivity contribution in [2.45, 2.75) is 6.18 Å². The molecule has 12 heteroatoms. The summed E-state index contributed by atoms with van der Waals surface area (Å²) in [6, 6.07) is 9.81. The molecule has 162 valence electrons.